The summed E-state index contributed by atoms with van der Waals surface area (Å²) in [6.07, 6.45) is 0. The third-order valence-corrected chi connectivity index (χ3v) is 2.33. The normalized spacial score (nSPS) is 11.2. The van der Waals surface area contributed by atoms with E-state index >= 15 is 0 Å². The predicted octanol–water partition coefficient (Wildman–Crippen LogP) is -1.37. The first kappa shape index (κ1) is 16.5. The van der Waals surface area contributed by atoms with Crippen LogP contribution in [0.5, 0.6) is 0 Å². The number of aliphatic hydroxyl groups excluding tert-OH is 1. The molecule has 0 aliphatic carbocycles. The Balaban J connectivity index is 0.00000256. The average Bonchev–Trinajstić information content (AvgIpc) is 2.20. The number of rotatable bonds is 3. The van der Waals surface area contributed by atoms with E-state index in [1.165, 1.54) is 0 Å². The molecule has 0 saturated carbocycles. The fraction of sp³-hybridized carbons (Fsp3) is 0.167. The number of nitrogens with one attached hydrogen (secondary N) is 1. The van der Waals surface area contributed by atoms with Gasteiger partial charge in [-0.05, 0) is 24.8 Å². The molecule has 0 atom stereocenters. The van der Waals surface area contributed by atoms with E-state index in [1.807, 2.05) is 19.1 Å². The van der Waals surface area contributed by atoms with Crippen LogP contribution in [0.2, 0.25) is 0 Å². The molecule has 0 aromatic heterocycles. The summed E-state index contributed by atoms with van der Waals surface area (Å²) in [7, 11) is 1.77. The minimum Gasteiger partial charge on any atom is -0.545 e. The van der Waals surface area contributed by atoms with E-state index in [1.54, 1.807) is 13.1 Å². The van der Waals surface area contributed by atoms with E-state index in [0.29, 0.717) is 5.56 Å². The van der Waals surface area contributed by atoms with Crippen molar-refractivity contribution in [2.45, 2.75) is 6.92 Å². The van der Waals surface area contributed by atoms with Crippen LogP contribution in [0.25, 0.3) is 5.57 Å². The Labute approximate surface area is 144 Å². The molecule has 4 nitrogen and oxygen atoms in total. The third kappa shape index (κ3) is 4.04. The third-order valence-electron chi connectivity index (χ3n) is 2.33. The standard InChI is InChI=1S/C12H15N2O2.K/c1-7-4-5-9(14-3)6-10(7)11(8(2)15)12(13)16;/h4-6,14-15H,2H2,1,3H3,(H2,13,16);/q-1;+1/b11-8-;. The SMILES string of the molecule is [CH2-]/C(O)=C(/C(N)=O)c1cc(NC)ccc1C.[K+]. The zero-order valence-electron chi connectivity index (χ0n) is 10.4. The van der Waals surface area contributed by atoms with Crippen LogP contribution in [0.4, 0.5) is 5.69 Å². The minimum atomic E-state index is -0.691. The molecule has 0 saturated heterocycles. The van der Waals surface area contributed by atoms with Crippen molar-refractivity contribution >= 4 is 17.2 Å². The molecule has 1 rings (SSSR count). The second kappa shape index (κ2) is 7.08. The number of allylic oxidation sites excluding steroid dienone is 1. The Morgan fingerprint density at radius 3 is 2.47 bits per heavy atom. The minimum absolute atomic E-state index is 0. The Kier molecular flexibility index (Phi) is 6.89. The van der Waals surface area contributed by atoms with Crippen LogP contribution in [-0.4, -0.2) is 18.1 Å². The molecule has 0 bridgehead atoms. The molecule has 0 heterocycles. The molecule has 0 fully saturated rings. The maximum atomic E-state index is 11.2. The number of amides is 1. The fourth-order valence-corrected chi connectivity index (χ4v) is 1.48. The summed E-state index contributed by atoms with van der Waals surface area (Å²) >= 11 is 0. The molecule has 17 heavy (non-hydrogen) atoms. The molecule has 0 aliphatic heterocycles. The van der Waals surface area contributed by atoms with E-state index in [4.69, 9.17) is 5.73 Å². The number of carbonyl (C=O) groups is 1. The Hall–Kier alpha value is -0.464. The van der Waals surface area contributed by atoms with E-state index in [2.05, 4.69) is 12.2 Å². The molecule has 1 aromatic carbocycles. The quantitative estimate of drug-likeness (QED) is 0.271. The van der Waals surface area contributed by atoms with E-state index < -0.39 is 5.91 Å². The van der Waals surface area contributed by atoms with Crippen LogP contribution >= 0.6 is 0 Å². The van der Waals surface area contributed by atoms with Gasteiger partial charge in [0.15, 0.2) is 5.91 Å². The Bertz CT molecular complexity index is 452. The predicted molar refractivity (Wildman–Crippen MR) is 64.8 cm³/mol. The van der Waals surface area contributed by atoms with Crippen molar-refractivity contribution in [3.63, 3.8) is 0 Å². The molecular weight excluding hydrogens is 243 g/mol. The van der Waals surface area contributed by atoms with Crippen molar-refractivity contribution in [2.24, 2.45) is 5.73 Å². The van der Waals surface area contributed by atoms with Crippen LogP contribution in [-0.2, 0) is 4.79 Å². The summed E-state index contributed by atoms with van der Waals surface area (Å²) in [4.78, 5) is 11.2. The molecule has 86 valence electrons. The van der Waals surface area contributed by atoms with Crippen molar-refractivity contribution in [3.05, 3.63) is 42.0 Å². The second-order valence-corrected chi connectivity index (χ2v) is 3.47. The first-order chi connectivity index (χ1) is 7.47. The van der Waals surface area contributed by atoms with E-state index in [0.717, 1.165) is 11.3 Å². The number of benzene rings is 1. The van der Waals surface area contributed by atoms with Crippen LogP contribution in [0.15, 0.2) is 24.0 Å². The second-order valence-electron chi connectivity index (χ2n) is 3.47. The fourth-order valence-electron chi connectivity index (χ4n) is 1.48. The molecule has 1 amide bonds. The van der Waals surface area contributed by atoms with Gasteiger partial charge in [-0.3, -0.25) is 4.79 Å². The number of hydrogen-bond acceptors (Lipinski definition) is 3. The maximum absolute atomic E-state index is 11.2. The number of nitrogens with two attached hydrogens (primary N) is 1. The number of primary amides is 1. The monoisotopic (exact) mass is 258 g/mol. The van der Waals surface area contributed by atoms with Crippen LogP contribution in [0.1, 0.15) is 11.1 Å². The van der Waals surface area contributed by atoms with E-state index in [-0.39, 0.29) is 62.7 Å². The van der Waals surface area contributed by atoms with Gasteiger partial charge in [0.2, 0.25) is 0 Å². The van der Waals surface area contributed by atoms with Gasteiger partial charge in [0, 0.05) is 12.7 Å². The number of carbonyl (C=O) groups excluding carboxylic acids is 1. The molecule has 0 spiro atoms. The van der Waals surface area contributed by atoms with Gasteiger partial charge in [0.05, 0.1) is 0 Å². The van der Waals surface area contributed by atoms with Gasteiger partial charge in [-0.2, -0.15) is 0 Å². The topological polar surface area (TPSA) is 75.3 Å². The van der Waals surface area contributed by atoms with Crippen LogP contribution < -0.4 is 62.4 Å². The summed E-state index contributed by atoms with van der Waals surface area (Å²) in [5.74, 6) is -1.01. The van der Waals surface area contributed by atoms with Gasteiger partial charge in [0.25, 0.3) is 0 Å². The number of aliphatic hydroxyl groups is 1. The van der Waals surface area contributed by atoms with Gasteiger partial charge < -0.3 is 16.2 Å². The van der Waals surface area contributed by atoms with Gasteiger partial charge in [-0.1, -0.05) is 22.8 Å². The number of hydrogen-bond donors (Lipinski definition) is 3. The zero-order valence-corrected chi connectivity index (χ0v) is 13.5. The summed E-state index contributed by atoms with van der Waals surface area (Å²) in [5, 5.41) is 12.3. The molecule has 5 heteroatoms. The summed E-state index contributed by atoms with van der Waals surface area (Å²) in [6, 6.07) is 5.46. The van der Waals surface area contributed by atoms with E-state index in [9.17, 15) is 9.90 Å². The van der Waals surface area contributed by atoms with Gasteiger partial charge in [0.1, 0.15) is 0 Å². The molecule has 0 radical (unpaired) electrons. The van der Waals surface area contributed by atoms with Crippen molar-refractivity contribution < 1.29 is 61.3 Å². The summed E-state index contributed by atoms with van der Waals surface area (Å²) < 4.78 is 0. The van der Waals surface area contributed by atoms with Crippen LogP contribution in [0.3, 0.4) is 0 Å². The zero-order chi connectivity index (χ0) is 12.3. The molecule has 4 N–H and O–H groups in total. The van der Waals surface area contributed by atoms with Crippen LogP contribution in [0, 0.1) is 13.8 Å². The van der Waals surface area contributed by atoms with Crippen molar-refractivity contribution in [2.75, 3.05) is 12.4 Å². The van der Waals surface area contributed by atoms with Gasteiger partial charge in [-0.25, -0.2) is 6.92 Å². The first-order valence-electron chi connectivity index (χ1n) is 4.81. The Morgan fingerprint density at radius 1 is 1.47 bits per heavy atom. The molecule has 0 unspecified atom stereocenters. The van der Waals surface area contributed by atoms with Crippen molar-refractivity contribution in [1.29, 1.82) is 0 Å². The van der Waals surface area contributed by atoms with Gasteiger partial charge in [-0.15, -0.1) is 0 Å². The number of anilines is 1. The maximum Gasteiger partial charge on any atom is 1.00 e. The van der Waals surface area contributed by atoms with Gasteiger partial charge >= 0.3 is 51.4 Å². The molecular formula is C12H15KN2O2. The van der Waals surface area contributed by atoms with Crippen molar-refractivity contribution in [1.82, 2.24) is 0 Å². The first-order valence-corrected chi connectivity index (χ1v) is 4.81. The smallest absolute Gasteiger partial charge is 0.545 e. The molecule has 1 aromatic rings. The summed E-state index contributed by atoms with van der Waals surface area (Å²) in [6.45, 7) is 5.18. The number of aryl methyl sites for hydroxylation is 1. The average molecular weight is 258 g/mol. The molecule has 0 aliphatic rings. The largest absolute Gasteiger partial charge is 1.00 e. The Morgan fingerprint density at radius 2 is 2.06 bits per heavy atom. The van der Waals surface area contributed by atoms with Crippen molar-refractivity contribution in [3.8, 4) is 0 Å². The summed E-state index contributed by atoms with van der Waals surface area (Å²) in [5.41, 5.74) is 7.54.